The molecule has 0 aliphatic rings. The summed E-state index contributed by atoms with van der Waals surface area (Å²) in [6.07, 6.45) is 0. The second-order valence-corrected chi connectivity index (χ2v) is 3.20. The Morgan fingerprint density at radius 2 is 2.14 bits per heavy atom. The van der Waals surface area contributed by atoms with E-state index in [4.69, 9.17) is 15.2 Å². The Morgan fingerprint density at radius 3 is 2.79 bits per heavy atom. The third-order valence-electron chi connectivity index (χ3n) is 1.94. The molecule has 0 saturated carbocycles. The van der Waals surface area contributed by atoms with Crippen LogP contribution in [0.2, 0.25) is 0 Å². The van der Waals surface area contributed by atoms with Crippen molar-refractivity contribution in [2.24, 2.45) is 5.73 Å². The third kappa shape index (κ3) is 3.36. The molecule has 78 valence electrons. The molecular weight excluding hydrogens is 178 g/mol. The van der Waals surface area contributed by atoms with Crippen LogP contribution in [0.1, 0.15) is 18.5 Å². The van der Waals surface area contributed by atoms with Gasteiger partial charge in [0.1, 0.15) is 12.4 Å². The lowest BCUT2D eigenvalue weighted by molar-refractivity contribution is 0.146. The topological polar surface area (TPSA) is 44.5 Å². The Balaban J connectivity index is 2.55. The van der Waals surface area contributed by atoms with Crippen molar-refractivity contribution in [1.82, 2.24) is 0 Å². The lowest BCUT2D eigenvalue weighted by Crippen LogP contribution is -2.07. The maximum Gasteiger partial charge on any atom is 0.119 e. The van der Waals surface area contributed by atoms with Crippen molar-refractivity contribution in [3.05, 3.63) is 29.8 Å². The Hall–Kier alpha value is -1.06. The van der Waals surface area contributed by atoms with E-state index in [1.54, 1.807) is 7.11 Å². The number of nitrogens with two attached hydrogens (primary N) is 1. The smallest absolute Gasteiger partial charge is 0.119 e. The van der Waals surface area contributed by atoms with E-state index < -0.39 is 0 Å². The van der Waals surface area contributed by atoms with Gasteiger partial charge < -0.3 is 15.2 Å². The van der Waals surface area contributed by atoms with Gasteiger partial charge in [-0.1, -0.05) is 12.1 Å². The predicted octanol–water partition coefficient (Wildman–Crippen LogP) is 1.73. The van der Waals surface area contributed by atoms with Gasteiger partial charge in [-0.15, -0.1) is 0 Å². The Labute approximate surface area is 84.8 Å². The molecule has 2 N–H and O–H groups in total. The number of hydrogen-bond donors (Lipinski definition) is 1. The SMILES string of the molecule is COCCOc1cccc([C@@H](C)N)c1. The van der Waals surface area contributed by atoms with E-state index >= 15 is 0 Å². The maximum atomic E-state index is 5.76. The molecule has 3 heteroatoms. The van der Waals surface area contributed by atoms with Crippen LogP contribution in [0.5, 0.6) is 5.75 Å². The summed E-state index contributed by atoms with van der Waals surface area (Å²) in [4.78, 5) is 0. The van der Waals surface area contributed by atoms with Crippen molar-refractivity contribution >= 4 is 0 Å². The lowest BCUT2D eigenvalue weighted by atomic mass is 10.1. The summed E-state index contributed by atoms with van der Waals surface area (Å²) in [7, 11) is 1.65. The fourth-order valence-corrected chi connectivity index (χ4v) is 1.13. The van der Waals surface area contributed by atoms with Gasteiger partial charge in [-0.2, -0.15) is 0 Å². The first-order chi connectivity index (χ1) is 6.74. The summed E-state index contributed by atoms with van der Waals surface area (Å²) in [6.45, 7) is 3.12. The average molecular weight is 195 g/mol. The second kappa shape index (κ2) is 5.62. The molecule has 1 rings (SSSR count). The van der Waals surface area contributed by atoms with Crippen molar-refractivity contribution in [3.8, 4) is 5.75 Å². The molecule has 0 aliphatic carbocycles. The normalized spacial score (nSPS) is 12.5. The van der Waals surface area contributed by atoms with E-state index in [1.807, 2.05) is 31.2 Å². The summed E-state index contributed by atoms with van der Waals surface area (Å²) in [5.74, 6) is 0.844. The molecule has 0 fully saturated rings. The van der Waals surface area contributed by atoms with E-state index in [0.29, 0.717) is 13.2 Å². The number of ether oxygens (including phenoxy) is 2. The summed E-state index contributed by atoms with van der Waals surface area (Å²) in [5, 5.41) is 0. The molecule has 0 unspecified atom stereocenters. The molecule has 0 radical (unpaired) electrons. The van der Waals surface area contributed by atoms with Crippen molar-refractivity contribution < 1.29 is 9.47 Å². The summed E-state index contributed by atoms with van der Waals surface area (Å²) in [6, 6.07) is 7.86. The van der Waals surface area contributed by atoms with Crippen molar-refractivity contribution in [2.75, 3.05) is 20.3 Å². The largest absolute Gasteiger partial charge is 0.491 e. The van der Waals surface area contributed by atoms with Crippen molar-refractivity contribution in [2.45, 2.75) is 13.0 Å². The van der Waals surface area contributed by atoms with Crippen LogP contribution in [-0.4, -0.2) is 20.3 Å². The molecule has 0 bridgehead atoms. The maximum absolute atomic E-state index is 5.76. The molecule has 0 heterocycles. The first-order valence-corrected chi connectivity index (χ1v) is 4.71. The second-order valence-electron chi connectivity index (χ2n) is 3.20. The van der Waals surface area contributed by atoms with Gasteiger partial charge in [0.2, 0.25) is 0 Å². The fraction of sp³-hybridized carbons (Fsp3) is 0.455. The van der Waals surface area contributed by atoms with Crippen LogP contribution in [-0.2, 0) is 4.74 Å². The molecular formula is C11H17NO2. The van der Waals surface area contributed by atoms with Gasteiger partial charge in [-0.3, -0.25) is 0 Å². The summed E-state index contributed by atoms with van der Waals surface area (Å²) in [5.41, 5.74) is 6.84. The first-order valence-electron chi connectivity index (χ1n) is 4.71. The molecule has 0 aliphatic heterocycles. The summed E-state index contributed by atoms with van der Waals surface area (Å²) >= 11 is 0. The average Bonchev–Trinajstić information content (AvgIpc) is 2.19. The fourth-order valence-electron chi connectivity index (χ4n) is 1.13. The van der Waals surface area contributed by atoms with Gasteiger partial charge in [0.05, 0.1) is 6.61 Å². The van der Waals surface area contributed by atoms with E-state index in [0.717, 1.165) is 11.3 Å². The van der Waals surface area contributed by atoms with Gasteiger partial charge in [0.25, 0.3) is 0 Å². The monoisotopic (exact) mass is 195 g/mol. The van der Waals surface area contributed by atoms with Crippen molar-refractivity contribution in [1.29, 1.82) is 0 Å². The zero-order valence-corrected chi connectivity index (χ0v) is 8.69. The third-order valence-corrected chi connectivity index (χ3v) is 1.94. The molecule has 14 heavy (non-hydrogen) atoms. The highest BCUT2D eigenvalue weighted by Crippen LogP contribution is 2.17. The van der Waals surface area contributed by atoms with Crippen LogP contribution in [0.25, 0.3) is 0 Å². The molecule has 1 atom stereocenters. The Morgan fingerprint density at radius 1 is 1.36 bits per heavy atom. The van der Waals surface area contributed by atoms with Crippen LogP contribution in [0.3, 0.4) is 0 Å². The Kier molecular flexibility index (Phi) is 4.43. The zero-order valence-electron chi connectivity index (χ0n) is 8.69. The quantitative estimate of drug-likeness (QED) is 0.728. The minimum Gasteiger partial charge on any atom is -0.491 e. The van der Waals surface area contributed by atoms with E-state index in [-0.39, 0.29) is 6.04 Å². The minimum absolute atomic E-state index is 0.0426. The van der Waals surface area contributed by atoms with Crippen LogP contribution in [0, 0.1) is 0 Å². The van der Waals surface area contributed by atoms with E-state index in [9.17, 15) is 0 Å². The highest BCUT2D eigenvalue weighted by atomic mass is 16.5. The predicted molar refractivity (Wildman–Crippen MR) is 56.4 cm³/mol. The molecule has 3 nitrogen and oxygen atoms in total. The minimum atomic E-state index is 0.0426. The van der Waals surface area contributed by atoms with Crippen LogP contribution < -0.4 is 10.5 Å². The number of benzene rings is 1. The molecule has 0 spiro atoms. The van der Waals surface area contributed by atoms with Gasteiger partial charge >= 0.3 is 0 Å². The zero-order chi connectivity index (χ0) is 10.4. The van der Waals surface area contributed by atoms with E-state index in [2.05, 4.69) is 0 Å². The number of rotatable bonds is 5. The molecule has 1 aromatic carbocycles. The number of methoxy groups -OCH3 is 1. The first kappa shape index (κ1) is 11.0. The van der Waals surface area contributed by atoms with Crippen LogP contribution in [0.4, 0.5) is 0 Å². The van der Waals surface area contributed by atoms with Gasteiger partial charge in [0, 0.05) is 13.2 Å². The van der Waals surface area contributed by atoms with Crippen LogP contribution >= 0.6 is 0 Å². The molecule has 0 saturated heterocycles. The van der Waals surface area contributed by atoms with Gasteiger partial charge in [-0.05, 0) is 24.6 Å². The Bertz CT molecular complexity index is 274. The lowest BCUT2D eigenvalue weighted by Gasteiger charge is -2.09. The van der Waals surface area contributed by atoms with E-state index in [1.165, 1.54) is 0 Å². The summed E-state index contributed by atoms with van der Waals surface area (Å²) < 4.78 is 10.3. The molecule has 0 amide bonds. The standard InChI is InChI=1S/C11H17NO2/c1-9(12)10-4-3-5-11(8-10)14-7-6-13-2/h3-5,8-9H,6-7,12H2,1-2H3/t9-/m1/s1. The number of hydrogen-bond acceptors (Lipinski definition) is 3. The van der Waals surface area contributed by atoms with Crippen molar-refractivity contribution in [3.63, 3.8) is 0 Å². The van der Waals surface area contributed by atoms with Crippen LogP contribution in [0.15, 0.2) is 24.3 Å². The van der Waals surface area contributed by atoms with Gasteiger partial charge in [0.15, 0.2) is 0 Å². The molecule has 1 aromatic rings. The van der Waals surface area contributed by atoms with Gasteiger partial charge in [-0.25, -0.2) is 0 Å². The highest BCUT2D eigenvalue weighted by molar-refractivity contribution is 5.30. The highest BCUT2D eigenvalue weighted by Gasteiger charge is 2.00. The molecule has 0 aromatic heterocycles.